The van der Waals surface area contributed by atoms with Crippen LogP contribution in [0.15, 0.2) is 41.3 Å². The van der Waals surface area contributed by atoms with Crippen molar-refractivity contribution in [3.63, 3.8) is 0 Å². The molecule has 0 radical (unpaired) electrons. The summed E-state index contributed by atoms with van der Waals surface area (Å²) in [5.74, 6) is -0.892. The van der Waals surface area contributed by atoms with Crippen molar-refractivity contribution >= 4 is 35.0 Å². The molecule has 1 N–H and O–H groups in total. The fraction of sp³-hybridized carbons (Fsp3) is 0.250. The molecule has 0 aliphatic rings. The highest BCUT2D eigenvalue weighted by atomic mass is 32.2. The van der Waals surface area contributed by atoms with Gasteiger partial charge in [0.25, 0.3) is 5.91 Å². The summed E-state index contributed by atoms with van der Waals surface area (Å²) in [6, 6.07) is 8.40. The average molecular weight is 389 g/mol. The molecule has 0 bridgehead atoms. The van der Waals surface area contributed by atoms with Gasteiger partial charge >= 0.3 is 11.5 Å². The minimum atomic E-state index is -4.34. The lowest BCUT2D eigenvalue weighted by molar-refractivity contribution is -0.0328. The van der Waals surface area contributed by atoms with Crippen molar-refractivity contribution in [1.82, 2.24) is 5.32 Å². The topological polar surface area (TPSA) is 55.4 Å². The molecule has 2 rings (SSSR count). The number of thioether (sulfide) groups is 1. The first kappa shape index (κ1) is 19.3. The average Bonchev–Trinajstić information content (AvgIpc) is 3.03. The molecule has 1 aromatic heterocycles. The van der Waals surface area contributed by atoms with Crippen LogP contribution < -0.4 is 5.32 Å². The van der Waals surface area contributed by atoms with Gasteiger partial charge < -0.3 is 10.1 Å². The van der Waals surface area contributed by atoms with Crippen molar-refractivity contribution in [3.8, 4) is 0 Å². The maximum Gasteiger partial charge on any atom is 0.446 e. The number of halogens is 3. The highest BCUT2D eigenvalue weighted by Crippen LogP contribution is 2.37. The molecule has 9 heteroatoms. The van der Waals surface area contributed by atoms with Gasteiger partial charge in [0.05, 0.1) is 18.0 Å². The standard InChI is InChI=1S/C16H14F3NO3S2/c1-9(10-3-5-11(6-4-10)25-16(17,18)19)20-14(21)12-7-8-13(24-12)15(22)23-2/h3-9H,1-2H3,(H,20,21). The smallest absolute Gasteiger partial charge is 0.446 e. The Balaban J connectivity index is 2.01. The third-order valence-electron chi connectivity index (χ3n) is 3.18. The molecule has 134 valence electrons. The van der Waals surface area contributed by atoms with Gasteiger partial charge in [-0.25, -0.2) is 4.79 Å². The molecule has 1 atom stereocenters. The third-order valence-corrected chi connectivity index (χ3v) is 4.98. The molecule has 0 saturated heterocycles. The first-order chi connectivity index (χ1) is 11.7. The Bertz CT molecular complexity index is 757. The molecule has 1 unspecified atom stereocenters. The van der Waals surface area contributed by atoms with Crippen LogP contribution in [0, 0.1) is 0 Å². The monoisotopic (exact) mass is 389 g/mol. The Morgan fingerprint density at radius 1 is 1.12 bits per heavy atom. The van der Waals surface area contributed by atoms with Crippen molar-refractivity contribution in [2.24, 2.45) is 0 Å². The number of hydrogen-bond acceptors (Lipinski definition) is 5. The maximum atomic E-state index is 12.3. The number of carbonyl (C=O) groups is 2. The number of esters is 1. The summed E-state index contributed by atoms with van der Waals surface area (Å²) in [6.07, 6.45) is 0. The van der Waals surface area contributed by atoms with Crippen molar-refractivity contribution in [3.05, 3.63) is 51.7 Å². The van der Waals surface area contributed by atoms with Crippen LogP contribution in [-0.2, 0) is 4.74 Å². The van der Waals surface area contributed by atoms with Crippen LogP contribution >= 0.6 is 23.1 Å². The number of nitrogens with one attached hydrogen (secondary N) is 1. The number of ether oxygens (including phenoxy) is 1. The molecule has 1 heterocycles. The van der Waals surface area contributed by atoms with E-state index in [0.29, 0.717) is 15.3 Å². The molecule has 0 spiro atoms. The fourth-order valence-electron chi connectivity index (χ4n) is 1.98. The van der Waals surface area contributed by atoms with Crippen LogP contribution in [0.4, 0.5) is 13.2 Å². The van der Waals surface area contributed by atoms with Gasteiger partial charge in [-0.3, -0.25) is 4.79 Å². The van der Waals surface area contributed by atoms with Gasteiger partial charge in [0, 0.05) is 4.90 Å². The van der Waals surface area contributed by atoms with E-state index in [9.17, 15) is 22.8 Å². The number of rotatable bonds is 5. The van der Waals surface area contributed by atoms with E-state index in [1.165, 1.54) is 43.5 Å². The molecule has 0 aliphatic heterocycles. The molecule has 2 aromatic rings. The SMILES string of the molecule is COC(=O)c1ccc(C(=O)NC(C)c2ccc(SC(F)(F)F)cc2)s1. The number of alkyl halides is 3. The molecule has 0 saturated carbocycles. The van der Waals surface area contributed by atoms with Crippen LogP contribution in [0.25, 0.3) is 0 Å². The second-order valence-corrected chi connectivity index (χ2v) is 7.19. The van der Waals surface area contributed by atoms with Crippen molar-refractivity contribution < 1.29 is 27.5 Å². The maximum absolute atomic E-state index is 12.3. The number of thiophene rings is 1. The Labute approximate surface area is 150 Å². The number of benzene rings is 1. The highest BCUT2D eigenvalue weighted by Gasteiger charge is 2.29. The Morgan fingerprint density at radius 2 is 1.72 bits per heavy atom. The lowest BCUT2D eigenvalue weighted by atomic mass is 10.1. The summed E-state index contributed by atoms with van der Waals surface area (Å²) in [7, 11) is 1.25. The van der Waals surface area contributed by atoms with Crippen LogP contribution in [0.1, 0.15) is 37.9 Å². The first-order valence-corrected chi connectivity index (χ1v) is 8.67. The first-order valence-electron chi connectivity index (χ1n) is 7.04. The molecule has 4 nitrogen and oxygen atoms in total. The minimum Gasteiger partial charge on any atom is -0.465 e. The van der Waals surface area contributed by atoms with Crippen LogP contribution in [0.3, 0.4) is 0 Å². The van der Waals surface area contributed by atoms with Gasteiger partial charge in [0.1, 0.15) is 4.88 Å². The van der Waals surface area contributed by atoms with E-state index in [4.69, 9.17) is 0 Å². The number of amides is 1. The summed E-state index contributed by atoms with van der Waals surface area (Å²) >= 11 is 0.815. The molecule has 0 fully saturated rings. The quantitative estimate of drug-likeness (QED) is 0.598. The second kappa shape index (κ2) is 7.92. The summed E-state index contributed by atoms with van der Waals surface area (Å²) in [5.41, 5.74) is -3.66. The van der Waals surface area contributed by atoms with E-state index >= 15 is 0 Å². The summed E-state index contributed by atoms with van der Waals surface area (Å²) < 4.78 is 41.5. The molecule has 0 aliphatic carbocycles. The van der Waals surface area contributed by atoms with E-state index in [0.717, 1.165) is 11.3 Å². The van der Waals surface area contributed by atoms with Crippen LogP contribution in [0.5, 0.6) is 0 Å². The number of hydrogen-bond donors (Lipinski definition) is 1. The summed E-state index contributed by atoms with van der Waals surface area (Å²) in [6.45, 7) is 1.72. The largest absolute Gasteiger partial charge is 0.465 e. The van der Waals surface area contributed by atoms with Gasteiger partial charge in [-0.1, -0.05) is 12.1 Å². The normalized spacial score (nSPS) is 12.5. The zero-order chi connectivity index (χ0) is 18.6. The number of methoxy groups -OCH3 is 1. The van der Waals surface area contributed by atoms with E-state index < -0.39 is 17.5 Å². The third kappa shape index (κ3) is 5.50. The van der Waals surface area contributed by atoms with Crippen LogP contribution in [-0.4, -0.2) is 24.5 Å². The Kier molecular flexibility index (Phi) is 6.12. The molecule has 25 heavy (non-hydrogen) atoms. The highest BCUT2D eigenvalue weighted by molar-refractivity contribution is 8.00. The minimum absolute atomic E-state index is 0.0794. The van der Waals surface area contributed by atoms with E-state index in [1.54, 1.807) is 6.92 Å². The Hall–Kier alpha value is -2.00. The van der Waals surface area contributed by atoms with E-state index in [-0.39, 0.29) is 22.6 Å². The Morgan fingerprint density at radius 3 is 2.28 bits per heavy atom. The zero-order valence-corrected chi connectivity index (χ0v) is 14.8. The van der Waals surface area contributed by atoms with Gasteiger partial charge in [-0.15, -0.1) is 11.3 Å². The zero-order valence-electron chi connectivity index (χ0n) is 13.2. The summed E-state index contributed by atoms with van der Waals surface area (Å²) in [5, 5.41) is 2.74. The molecule has 1 aromatic carbocycles. The number of carbonyl (C=O) groups excluding carboxylic acids is 2. The predicted octanol–water partition coefficient (Wildman–Crippen LogP) is 4.64. The van der Waals surface area contributed by atoms with Crippen LogP contribution in [0.2, 0.25) is 0 Å². The van der Waals surface area contributed by atoms with Gasteiger partial charge in [0.15, 0.2) is 0 Å². The second-order valence-electron chi connectivity index (χ2n) is 4.97. The van der Waals surface area contributed by atoms with Crippen molar-refractivity contribution in [1.29, 1.82) is 0 Å². The lowest BCUT2D eigenvalue weighted by Gasteiger charge is -2.14. The van der Waals surface area contributed by atoms with E-state index in [1.807, 2.05) is 0 Å². The molecular weight excluding hydrogens is 375 g/mol. The van der Waals surface area contributed by atoms with E-state index in [2.05, 4.69) is 10.1 Å². The van der Waals surface area contributed by atoms with Gasteiger partial charge in [0.2, 0.25) is 0 Å². The lowest BCUT2D eigenvalue weighted by Crippen LogP contribution is -2.25. The predicted molar refractivity (Wildman–Crippen MR) is 89.9 cm³/mol. The van der Waals surface area contributed by atoms with Gasteiger partial charge in [-0.05, 0) is 48.5 Å². The molecule has 1 amide bonds. The van der Waals surface area contributed by atoms with Crippen molar-refractivity contribution in [2.75, 3.05) is 7.11 Å². The van der Waals surface area contributed by atoms with Crippen molar-refractivity contribution in [2.45, 2.75) is 23.4 Å². The summed E-state index contributed by atoms with van der Waals surface area (Å²) in [4.78, 5) is 24.3. The fourth-order valence-corrected chi connectivity index (χ4v) is 3.35. The van der Waals surface area contributed by atoms with Gasteiger partial charge in [-0.2, -0.15) is 13.2 Å². The molecular formula is C16H14F3NO3S2.